The second-order valence-corrected chi connectivity index (χ2v) is 17.3. The van der Waals surface area contributed by atoms with Gasteiger partial charge >= 0.3 is 24.1 Å². The summed E-state index contributed by atoms with van der Waals surface area (Å²) in [6.45, 7) is 5.23. The zero-order valence-electron chi connectivity index (χ0n) is 44.1. The van der Waals surface area contributed by atoms with Gasteiger partial charge in [0.25, 0.3) is 0 Å². The first-order chi connectivity index (χ1) is 37.2. The summed E-state index contributed by atoms with van der Waals surface area (Å²) in [5, 5.41) is 67.4. The Hall–Kier alpha value is -6.36. The fourth-order valence-corrected chi connectivity index (χ4v) is 7.37. The van der Waals surface area contributed by atoms with Crippen molar-refractivity contribution in [1.29, 1.82) is 0 Å². The number of nitrogens with two attached hydrogens (primary N) is 4. The van der Waals surface area contributed by atoms with E-state index in [0.717, 1.165) is 31.9 Å². The SMILES string of the molecule is CCCCOCCOCCOCCOCCC(=O)N(CCOCCNC(=O)O[C@@H]([C@@H]1OC(C(=O)O)=C[C@H](N=C(N)N)[C@H]1C)[C@H](O)CO)CCOCCNC(=O)O[C@@H]([C@@H]1OC(C(=O)O)=C[C@H](N=C(N)N)[C@H]1NC(C)=O)[C@H](O)CO. The molecule has 0 saturated carbocycles. The normalized spacial score (nSPS) is 20.3. The van der Waals surface area contributed by atoms with E-state index in [1.54, 1.807) is 6.92 Å². The minimum absolute atomic E-state index is 0.0297. The van der Waals surface area contributed by atoms with Gasteiger partial charge in [0, 0.05) is 45.6 Å². The van der Waals surface area contributed by atoms with E-state index in [-0.39, 0.29) is 90.7 Å². The number of carbonyl (C=O) groups is 6. The number of carbonyl (C=O) groups excluding carboxylic acids is 4. The predicted octanol–water partition coefficient (Wildman–Crippen LogP) is -4.84. The maximum atomic E-state index is 13.4. The fraction of sp³-hybridized carbons (Fsp3) is 0.739. The third kappa shape index (κ3) is 26.3. The number of carboxylic acid groups (broad SMARTS) is 2. The predicted molar refractivity (Wildman–Crippen MR) is 271 cm³/mol. The second kappa shape index (κ2) is 38.2. The Kier molecular flexibility index (Phi) is 33.2. The Labute approximate surface area is 450 Å². The summed E-state index contributed by atoms with van der Waals surface area (Å²) in [6.07, 6.45) is -7.93. The lowest BCUT2D eigenvalue weighted by atomic mass is 9.87. The van der Waals surface area contributed by atoms with Crippen LogP contribution in [0.3, 0.4) is 0 Å². The molecule has 0 aliphatic carbocycles. The highest BCUT2D eigenvalue weighted by molar-refractivity contribution is 5.86. The highest BCUT2D eigenvalue weighted by Gasteiger charge is 2.47. The number of nitrogens with one attached hydrogen (secondary N) is 3. The smallest absolute Gasteiger partial charge is 0.407 e. The van der Waals surface area contributed by atoms with Gasteiger partial charge in [-0.3, -0.25) is 9.59 Å². The van der Waals surface area contributed by atoms with E-state index in [9.17, 15) is 59.4 Å². The Morgan fingerprint density at radius 3 is 1.51 bits per heavy atom. The van der Waals surface area contributed by atoms with Crippen molar-refractivity contribution in [3.8, 4) is 0 Å². The summed E-state index contributed by atoms with van der Waals surface area (Å²) in [5.41, 5.74) is 22.1. The molecule has 32 nitrogen and oxygen atoms in total. The number of alkyl carbamates (subject to hydrolysis) is 2. The Bertz CT molecular complexity index is 1960. The summed E-state index contributed by atoms with van der Waals surface area (Å²) in [7, 11) is 0. The first-order valence-electron chi connectivity index (χ1n) is 25.1. The van der Waals surface area contributed by atoms with Crippen LogP contribution in [0.5, 0.6) is 0 Å². The van der Waals surface area contributed by atoms with Crippen molar-refractivity contribution in [2.75, 3.05) is 119 Å². The van der Waals surface area contributed by atoms with E-state index < -0.39 is 121 Å². The van der Waals surface area contributed by atoms with Crippen LogP contribution in [-0.2, 0) is 66.5 Å². The van der Waals surface area contributed by atoms with Crippen LogP contribution in [0.1, 0.15) is 40.0 Å². The first kappa shape index (κ1) is 67.7. The van der Waals surface area contributed by atoms with Crippen molar-refractivity contribution in [3.05, 3.63) is 23.7 Å². The number of carboxylic acids is 2. The van der Waals surface area contributed by atoms with Crippen LogP contribution >= 0.6 is 0 Å². The van der Waals surface area contributed by atoms with Gasteiger partial charge in [-0.25, -0.2) is 29.2 Å². The van der Waals surface area contributed by atoms with Crippen molar-refractivity contribution in [2.24, 2.45) is 38.8 Å². The number of hydrogen-bond acceptors (Lipinski definition) is 22. The minimum atomic E-state index is -1.85. The van der Waals surface area contributed by atoms with Gasteiger partial charge in [-0.15, -0.1) is 0 Å². The molecule has 2 rings (SSSR count). The number of amides is 4. The molecule has 0 aromatic heterocycles. The van der Waals surface area contributed by atoms with Crippen LogP contribution in [0, 0.1) is 5.92 Å². The highest BCUT2D eigenvalue weighted by atomic mass is 16.6. The molecule has 0 fully saturated rings. The average Bonchev–Trinajstić information content (AvgIpc) is 3.39. The van der Waals surface area contributed by atoms with Gasteiger partial charge in [-0.2, -0.15) is 0 Å². The standard InChI is InChI=1S/C46H80N10O22/c1-4-5-11-69-17-19-73-21-22-74-20-18-70-12-6-35(62)56(9-15-71-13-7-51-45(67)77-38(31(60)25-57)37-27(2)29(54-43(47)48)23-33(75-37)41(63)64)10-16-72-14-8-52-46(68)78-39(32(61)26-58)40-36(53-28(3)59)30(55-44(49)50)24-34(76-40)42(65)66/h23-24,27,29-32,36-40,57-58,60-61H,4-22,25-26H2,1-3H3,(H,51,67)(H,52,68)(H,53,59)(H,63,64)(H,65,66)(H4,47,48,54)(H4,49,50,55)/t27-,29+,30+,31-,32-,36-,37-,38-,39-,40-/m1/s1. The second-order valence-electron chi connectivity index (χ2n) is 17.3. The van der Waals surface area contributed by atoms with Crippen molar-refractivity contribution >= 4 is 47.9 Å². The number of aliphatic imine (C=N–C) groups is 2. The van der Waals surface area contributed by atoms with Gasteiger partial charge < -0.3 is 122 Å². The number of rotatable bonds is 40. The molecule has 78 heavy (non-hydrogen) atoms. The summed E-state index contributed by atoms with van der Waals surface area (Å²) in [5.74, 6) is -6.88. The van der Waals surface area contributed by atoms with Crippen molar-refractivity contribution < 1.29 is 107 Å². The Morgan fingerprint density at radius 1 is 0.641 bits per heavy atom. The zero-order chi connectivity index (χ0) is 58.0. The number of hydrogen-bond donors (Lipinski definition) is 13. The highest BCUT2D eigenvalue weighted by Crippen LogP contribution is 2.31. The van der Waals surface area contributed by atoms with E-state index in [2.05, 4.69) is 32.9 Å². The maximum absolute atomic E-state index is 13.4. The molecule has 17 N–H and O–H groups in total. The molecule has 2 heterocycles. The third-order valence-electron chi connectivity index (χ3n) is 11.2. The fourth-order valence-electron chi connectivity index (χ4n) is 7.37. The number of aliphatic hydroxyl groups is 4. The van der Waals surface area contributed by atoms with E-state index >= 15 is 0 Å². The molecule has 32 heteroatoms. The van der Waals surface area contributed by atoms with E-state index in [4.69, 9.17) is 70.3 Å². The zero-order valence-corrected chi connectivity index (χ0v) is 44.1. The van der Waals surface area contributed by atoms with Crippen molar-refractivity contribution in [1.82, 2.24) is 20.9 Å². The molecule has 0 unspecified atom stereocenters. The number of unbranched alkanes of at least 4 members (excludes halogenated alkanes) is 1. The molecule has 2 aliphatic heterocycles. The topological polar surface area (TPSA) is 484 Å². The van der Waals surface area contributed by atoms with Crippen LogP contribution in [0.4, 0.5) is 9.59 Å². The molecule has 0 aromatic rings. The van der Waals surface area contributed by atoms with Gasteiger partial charge in [0.05, 0.1) is 110 Å². The van der Waals surface area contributed by atoms with E-state index in [0.29, 0.717) is 33.0 Å². The van der Waals surface area contributed by atoms with Crippen LogP contribution in [0.2, 0.25) is 0 Å². The number of aliphatic hydroxyl groups excluding tert-OH is 4. The van der Waals surface area contributed by atoms with E-state index in [1.165, 1.54) is 4.90 Å². The maximum Gasteiger partial charge on any atom is 0.407 e. The van der Waals surface area contributed by atoms with Crippen LogP contribution in [0.15, 0.2) is 33.7 Å². The van der Waals surface area contributed by atoms with Gasteiger partial charge in [0.15, 0.2) is 30.2 Å². The molecule has 0 radical (unpaired) electrons. The molecular formula is C46H80N10O22. The number of ether oxygens (including phenoxy) is 10. The van der Waals surface area contributed by atoms with Crippen LogP contribution in [0.25, 0.3) is 0 Å². The average molecular weight is 1130 g/mol. The molecular weight excluding hydrogens is 1040 g/mol. The van der Waals surface area contributed by atoms with Gasteiger partial charge in [-0.05, 0) is 18.6 Å². The Balaban J connectivity index is 1.98. The summed E-state index contributed by atoms with van der Waals surface area (Å²) in [6, 6.07) is -3.50. The Morgan fingerprint density at radius 2 is 1.06 bits per heavy atom. The molecule has 0 saturated heterocycles. The quantitative estimate of drug-likeness (QED) is 0.0155. The van der Waals surface area contributed by atoms with Crippen LogP contribution < -0.4 is 38.9 Å². The van der Waals surface area contributed by atoms with Gasteiger partial charge in [0.2, 0.25) is 23.3 Å². The molecule has 4 amide bonds. The van der Waals surface area contributed by atoms with Crippen molar-refractivity contribution in [2.45, 2.75) is 94.8 Å². The van der Waals surface area contributed by atoms with E-state index in [1.807, 2.05) is 0 Å². The first-order valence-corrected chi connectivity index (χ1v) is 25.1. The molecule has 0 spiro atoms. The number of aliphatic carboxylic acids is 2. The minimum Gasteiger partial charge on any atom is -0.479 e. The molecule has 2 aliphatic rings. The molecule has 0 aromatic carbocycles. The number of guanidine groups is 2. The lowest BCUT2D eigenvalue weighted by Crippen LogP contribution is -2.61. The summed E-state index contributed by atoms with van der Waals surface area (Å²) < 4.78 is 55.1. The summed E-state index contributed by atoms with van der Waals surface area (Å²) in [4.78, 5) is 84.4. The largest absolute Gasteiger partial charge is 0.479 e. The van der Waals surface area contributed by atoms with Crippen molar-refractivity contribution in [3.63, 3.8) is 0 Å². The third-order valence-corrected chi connectivity index (χ3v) is 11.2. The van der Waals surface area contributed by atoms with Crippen LogP contribution in [-0.4, -0.2) is 257 Å². The van der Waals surface area contributed by atoms with Gasteiger partial charge in [0.1, 0.15) is 18.3 Å². The van der Waals surface area contributed by atoms with Gasteiger partial charge in [-0.1, -0.05) is 20.3 Å². The molecule has 0 bridgehead atoms. The lowest BCUT2D eigenvalue weighted by molar-refractivity contribution is -0.147. The molecule has 446 valence electrons. The summed E-state index contributed by atoms with van der Waals surface area (Å²) >= 11 is 0. The lowest BCUT2D eigenvalue weighted by Gasteiger charge is -2.39. The number of nitrogens with zero attached hydrogens (tertiary/aromatic N) is 3. The molecule has 10 atom stereocenters. The monoisotopic (exact) mass is 1120 g/mol.